The van der Waals surface area contributed by atoms with E-state index in [9.17, 15) is 52.7 Å². The van der Waals surface area contributed by atoms with Gasteiger partial charge in [0.2, 0.25) is 47.3 Å². The Morgan fingerprint density at radius 3 is 0.929 bits per heavy atom. The number of carbonyl (C=O) groups excluding carboxylic acids is 11. The Labute approximate surface area is 593 Å². The predicted molar refractivity (Wildman–Crippen MR) is 403 cm³/mol. The van der Waals surface area contributed by atoms with Crippen molar-refractivity contribution in [2.24, 2.45) is 48.7 Å². The third-order valence-corrected chi connectivity index (χ3v) is 12.4. The summed E-state index contributed by atoms with van der Waals surface area (Å²) in [5, 5.41) is 25.2. The van der Waals surface area contributed by atoms with Gasteiger partial charge in [0.1, 0.15) is 12.2 Å². The Bertz CT molecular complexity index is 2800. The van der Waals surface area contributed by atoms with Crippen LogP contribution in [0.2, 0.25) is 0 Å². The van der Waals surface area contributed by atoms with E-state index in [4.69, 9.17) is 0 Å². The van der Waals surface area contributed by atoms with Crippen LogP contribution in [0.25, 0.3) is 0 Å². The van der Waals surface area contributed by atoms with Crippen LogP contribution in [-0.2, 0) is 54.4 Å². The minimum absolute atomic E-state index is 0.00231. The summed E-state index contributed by atoms with van der Waals surface area (Å²) >= 11 is 0. The first-order valence-electron chi connectivity index (χ1n) is 34.1. The average molecular weight is 1380 g/mol. The molecule has 0 aliphatic carbocycles. The molecule has 0 aliphatic heterocycles. The average Bonchev–Trinajstić information content (AvgIpc) is 0.865. The van der Waals surface area contributed by atoms with Crippen LogP contribution in [0.3, 0.4) is 0 Å². The molecule has 20 nitrogen and oxygen atoms in total. The summed E-state index contributed by atoms with van der Waals surface area (Å²) < 4.78 is 0. The molecule has 0 bridgehead atoms. The maximum atomic E-state index is 12.0. The molecule has 0 aromatic heterocycles. The molecule has 98 heavy (non-hydrogen) atoms. The highest BCUT2D eigenvalue weighted by Crippen LogP contribution is 2.23. The van der Waals surface area contributed by atoms with E-state index in [0.29, 0.717) is 43.7 Å². The van der Waals surface area contributed by atoms with Gasteiger partial charge in [-0.2, -0.15) is 0 Å². The number of Topliss-reactive ketones (excluding diaryl/α,β-unsaturated/α-hetero) is 2. The van der Waals surface area contributed by atoms with Crippen LogP contribution in [0.4, 0.5) is 11.4 Å². The summed E-state index contributed by atoms with van der Waals surface area (Å²) in [6.07, 6.45) is 0.821. The quantitative estimate of drug-likeness (QED) is 0.0633. The molecule has 9 amide bonds. The van der Waals surface area contributed by atoms with Crippen molar-refractivity contribution < 1.29 is 52.7 Å². The molecule has 0 fully saturated rings. The van der Waals surface area contributed by atoms with E-state index in [2.05, 4.69) is 47.9 Å². The minimum atomic E-state index is -0.442. The molecule has 9 N–H and O–H groups in total. The van der Waals surface area contributed by atoms with Crippen LogP contribution in [0, 0.1) is 48.7 Å². The summed E-state index contributed by atoms with van der Waals surface area (Å²) in [5.41, 5.74) is -0.303. The van der Waals surface area contributed by atoms with Crippen molar-refractivity contribution >= 4 is 76.1 Å². The first-order chi connectivity index (χ1) is 43.2. The van der Waals surface area contributed by atoms with Gasteiger partial charge in [0.25, 0.3) is 5.91 Å². The van der Waals surface area contributed by atoms with Gasteiger partial charge < -0.3 is 47.9 Å². The summed E-state index contributed by atoms with van der Waals surface area (Å²) in [6, 6.07) is 14.4. The van der Waals surface area contributed by atoms with Crippen molar-refractivity contribution in [1.82, 2.24) is 37.2 Å². The van der Waals surface area contributed by atoms with Crippen LogP contribution >= 0.6 is 0 Å². The van der Waals surface area contributed by atoms with Gasteiger partial charge in [0.15, 0.2) is 5.78 Å². The SMILES string of the molecule is CC(C)(C)C(=O)Cc1ccc(NC(=O)C(C)(C)C)cc1.CC(C)(C)C(=O)NCCNC(=O)C(C)(C)C.CC(C)(C)CC(=O)CNC(=O)C(C)(C)C.CC(C)(C)CNC(=O)CC(=O)NC(C)(C)C.CC(C)(C)NC(=O)C(C)(C)C.CC(C)(C)NC(=O)c1ccc(NC(=O)C(C)(C)C)cc1. The van der Waals surface area contributed by atoms with Gasteiger partial charge in [-0.1, -0.05) is 199 Å². The summed E-state index contributed by atoms with van der Waals surface area (Å²) in [4.78, 5) is 128. The molecule has 562 valence electrons. The highest BCUT2D eigenvalue weighted by atomic mass is 16.2. The molecular weight excluding hydrogens is 1240 g/mol. The zero-order chi connectivity index (χ0) is 78.6. The lowest BCUT2D eigenvalue weighted by Gasteiger charge is -2.26. The van der Waals surface area contributed by atoms with Gasteiger partial charge in [-0.25, -0.2) is 0 Å². The second-order valence-corrected chi connectivity index (χ2v) is 37.7. The number of carbonyl (C=O) groups is 11. The zero-order valence-corrected chi connectivity index (χ0v) is 68.1. The lowest BCUT2D eigenvalue weighted by atomic mass is 9.87. The van der Waals surface area contributed by atoms with Crippen molar-refractivity contribution in [3.05, 3.63) is 59.7 Å². The number of nitrogens with one attached hydrogen (secondary N) is 9. The van der Waals surface area contributed by atoms with Crippen molar-refractivity contribution in [2.45, 2.75) is 285 Å². The van der Waals surface area contributed by atoms with E-state index in [-0.39, 0.29) is 127 Å². The highest BCUT2D eigenvalue weighted by Gasteiger charge is 2.28. The largest absolute Gasteiger partial charge is 0.355 e. The van der Waals surface area contributed by atoms with Crippen molar-refractivity contribution in [1.29, 1.82) is 0 Å². The number of amides is 9. The van der Waals surface area contributed by atoms with E-state index in [1.165, 1.54) is 0 Å². The molecule has 2 aromatic rings. The van der Waals surface area contributed by atoms with Gasteiger partial charge in [-0.3, -0.25) is 52.7 Å². The molecule has 0 saturated carbocycles. The topological polar surface area (TPSA) is 296 Å². The molecule has 0 radical (unpaired) electrons. The van der Waals surface area contributed by atoms with Crippen molar-refractivity contribution in [3.63, 3.8) is 0 Å². The molecule has 20 heteroatoms. The Balaban J connectivity index is -0.000000546. The van der Waals surface area contributed by atoms with E-state index < -0.39 is 16.2 Å². The smallest absolute Gasteiger partial charge is 0.251 e. The molecule has 0 aliphatic rings. The first-order valence-corrected chi connectivity index (χ1v) is 34.1. The Hall–Kier alpha value is -6.99. The molecule has 0 atom stereocenters. The maximum Gasteiger partial charge on any atom is 0.251 e. The monoisotopic (exact) mass is 1380 g/mol. The third kappa shape index (κ3) is 54.0. The number of rotatable bonds is 14. The first kappa shape index (κ1) is 97.4. The van der Waals surface area contributed by atoms with Crippen LogP contribution in [0.1, 0.15) is 278 Å². The summed E-state index contributed by atoms with van der Waals surface area (Å²) in [5.74, 6) is -0.337. The predicted octanol–water partition coefficient (Wildman–Crippen LogP) is 13.9. The highest BCUT2D eigenvalue weighted by molar-refractivity contribution is 5.98. The molecule has 0 heterocycles. The number of hydrogen-bond acceptors (Lipinski definition) is 11. The van der Waals surface area contributed by atoms with Gasteiger partial charge in [-0.05, 0) is 115 Å². The second kappa shape index (κ2) is 39.7. The van der Waals surface area contributed by atoms with Gasteiger partial charge >= 0.3 is 0 Å². The third-order valence-electron chi connectivity index (χ3n) is 12.4. The van der Waals surface area contributed by atoms with E-state index in [1.54, 1.807) is 24.3 Å². The fourth-order valence-electron chi connectivity index (χ4n) is 6.45. The van der Waals surface area contributed by atoms with Crippen molar-refractivity contribution in [2.75, 3.05) is 36.8 Å². The number of anilines is 2. The molecule has 0 saturated heterocycles. The second-order valence-electron chi connectivity index (χ2n) is 37.7. The van der Waals surface area contributed by atoms with Gasteiger partial charge in [0.05, 0.1) is 6.54 Å². The van der Waals surface area contributed by atoms with Crippen molar-refractivity contribution in [3.8, 4) is 0 Å². The molecule has 0 spiro atoms. The zero-order valence-electron chi connectivity index (χ0n) is 68.1. The normalized spacial score (nSPS) is 12.2. The molecule has 2 aromatic carbocycles. The fraction of sp³-hybridized carbons (Fsp3) is 0.705. The Kier molecular flexibility index (Phi) is 39.5. The van der Waals surface area contributed by atoms with Gasteiger partial charge in [0, 0.05) is 104 Å². The number of benzene rings is 2. The lowest BCUT2D eigenvalue weighted by Crippen LogP contribution is -2.46. The fourth-order valence-corrected chi connectivity index (χ4v) is 6.45. The number of ketones is 2. The maximum absolute atomic E-state index is 12.0. The standard InChI is InChI=1S/C17H25NO2.C16H24N2O2.2C12H24N2O2.C12H23NO2.C9H19NO/c1-16(2,3)14(19)11-12-7-9-13(10-8-12)18-15(20)17(4,5)6;1-15(2,3)14(20)17-12-9-7-11(8-10-12)13(19)18-16(4,5)6;1-11(2,3)8-13-9(15)7-10(16)14-12(4,5)6;1-11(2,3)9(15)13-7-8-14-10(16)12(4,5)6;1-11(2,3)7-9(14)8-13-10(15)12(4,5)6;1-8(2,3)7(11)10-9(4,5)6/h7-10H,11H2,1-6H3,(H,18,20);7-10H,1-6H3,(H,17,20)(H,18,19);2*7-8H2,1-6H3,(H,13,15)(H,14,16);7-8H2,1-6H3,(H,13,15);1-6H3,(H,10,11). The molecule has 2 rings (SSSR count). The summed E-state index contributed by atoms with van der Waals surface area (Å²) in [7, 11) is 0. The van der Waals surface area contributed by atoms with Crippen LogP contribution in [-0.4, -0.2) is 108 Å². The van der Waals surface area contributed by atoms with Gasteiger partial charge in [-0.15, -0.1) is 0 Å². The van der Waals surface area contributed by atoms with E-state index in [1.807, 2.05) is 274 Å². The minimum Gasteiger partial charge on any atom is -0.355 e. The van der Waals surface area contributed by atoms with E-state index in [0.717, 1.165) is 11.3 Å². The number of hydrogen-bond donors (Lipinski definition) is 9. The Morgan fingerprint density at radius 2 is 0.643 bits per heavy atom. The molecule has 0 unspecified atom stereocenters. The molecular formula is C78H139N9O11. The van der Waals surface area contributed by atoms with Crippen LogP contribution in [0.15, 0.2) is 48.5 Å². The van der Waals surface area contributed by atoms with Crippen LogP contribution < -0.4 is 47.9 Å². The lowest BCUT2D eigenvalue weighted by molar-refractivity contribution is -0.131. The van der Waals surface area contributed by atoms with Crippen LogP contribution in [0.5, 0.6) is 0 Å². The Morgan fingerprint density at radius 1 is 0.316 bits per heavy atom. The van der Waals surface area contributed by atoms with E-state index >= 15 is 0 Å². The summed E-state index contributed by atoms with van der Waals surface area (Å²) in [6.45, 7) is 70.5.